The zero-order chi connectivity index (χ0) is 27.0. The van der Waals surface area contributed by atoms with Gasteiger partial charge in [-0.05, 0) is 61.9 Å². The van der Waals surface area contributed by atoms with Crippen LogP contribution < -0.4 is 19.8 Å². The maximum atomic E-state index is 12.6. The number of hydrogen-bond acceptors (Lipinski definition) is 6. The van der Waals surface area contributed by atoms with Crippen molar-refractivity contribution in [3.63, 3.8) is 0 Å². The Hall–Kier alpha value is -3.89. The van der Waals surface area contributed by atoms with Gasteiger partial charge in [-0.25, -0.2) is 13.8 Å². The number of hydrogen-bond donors (Lipinski definition) is 2. The van der Waals surface area contributed by atoms with Crippen molar-refractivity contribution >= 4 is 50.5 Å². The highest BCUT2D eigenvalue weighted by Gasteiger charge is 2.24. The first-order chi connectivity index (χ1) is 17.6. The SMILES string of the molecule is CCOc1ccccc1N(CC(=O)N/N=C(/C)c1cccc(NC(=O)c2cccc(Cl)c2)c1)S(C)(=O)=O. The van der Waals surface area contributed by atoms with Gasteiger partial charge in [0.25, 0.3) is 11.8 Å². The van der Waals surface area contributed by atoms with E-state index in [2.05, 4.69) is 15.8 Å². The average molecular weight is 543 g/mol. The number of anilines is 2. The normalized spacial score (nSPS) is 11.5. The molecule has 0 aliphatic carbocycles. The van der Waals surface area contributed by atoms with Gasteiger partial charge in [-0.1, -0.05) is 41.9 Å². The summed E-state index contributed by atoms with van der Waals surface area (Å²) in [4.78, 5) is 25.2. The summed E-state index contributed by atoms with van der Waals surface area (Å²) < 4.78 is 31.4. The minimum atomic E-state index is -3.79. The molecule has 0 bridgehead atoms. The number of nitrogens with one attached hydrogen (secondary N) is 2. The molecule has 3 rings (SSSR count). The standard InChI is InChI=1S/C26H27ClN4O5S/c1-4-36-24-14-6-5-13-23(24)31(37(3,34)35)17-25(32)30-29-18(2)19-9-8-12-22(16-19)28-26(33)20-10-7-11-21(27)15-20/h5-16H,4,17H2,1-3H3,(H,28,33)(H,30,32)/b29-18-. The van der Waals surface area contributed by atoms with E-state index in [1.54, 1.807) is 86.6 Å². The predicted molar refractivity (Wildman–Crippen MR) is 146 cm³/mol. The molecule has 37 heavy (non-hydrogen) atoms. The number of amides is 2. The molecule has 0 saturated carbocycles. The van der Waals surface area contributed by atoms with E-state index in [0.717, 1.165) is 10.6 Å². The highest BCUT2D eigenvalue weighted by Crippen LogP contribution is 2.29. The van der Waals surface area contributed by atoms with Crippen LogP contribution in [0.15, 0.2) is 77.9 Å². The number of para-hydroxylation sites is 2. The zero-order valence-electron chi connectivity index (χ0n) is 20.6. The highest BCUT2D eigenvalue weighted by atomic mass is 35.5. The summed E-state index contributed by atoms with van der Waals surface area (Å²) in [6.07, 6.45) is 1.01. The summed E-state index contributed by atoms with van der Waals surface area (Å²) in [6.45, 7) is 3.30. The molecular weight excluding hydrogens is 516 g/mol. The number of sulfonamides is 1. The topological polar surface area (TPSA) is 117 Å². The largest absolute Gasteiger partial charge is 0.492 e. The Morgan fingerprint density at radius 3 is 2.41 bits per heavy atom. The first-order valence-electron chi connectivity index (χ1n) is 11.3. The summed E-state index contributed by atoms with van der Waals surface area (Å²) in [5.41, 5.74) is 4.69. The molecule has 0 fully saturated rings. The average Bonchev–Trinajstić information content (AvgIpc) is 2.86. The van der Waals surface area contributed by atoms with Gasteiger partial charge < -0.3 is 10.1 Å². The van der Waals surface area contributed by atoms with E-state index in [9.17, 15) is 18.0 Å². The van der Waals surface area contributed by atoms with E-state index in [4.69, 9.17) is 16.3 Å². The van der Waals surface area contributed by atoms with Crippen LogP contribution in [0.1, 0.15) is 29.8 Å². The third kappa shape index (κ3) is 7.80. The summed E-state index contributed by atoms with van der Waals surface area (Å²) in [6, 6.07) is 20.1. The van der Waals surface area contributed by atoms with E-state index in [1.807, 2.05) is 0 Å². The molecule has 0 aliphatic heterocycles. The Labute approximate surface area is 221 Å². The number of carbonyl (C=O) groups excluding carboxylic acids is 2. The molecule has 194 valence electrons. The molecule has 3 aromatic rings. The molecule has 11 heteroatoms. The fourth-order valence-corrected chi connectivity index (χ4v) is 4.40. The minimum absolute atomic E-state index is 0.255. The summed E-state index contributed by atoms with van der Waals surface area (Å²) in [5.74, 6) is -0.614. The number of rotatable bonds is 10. The van der Waals surface area contributed by atoms with Gasteiger partial charge in [0.05, 0.1) is 24.3 Å². The molecule has 0 radical (unpaired) electrons. The number of carbonyl (C=O) groups is 2. The quantitative estimate of drug-likeness (QED) is 0.292. The molecule has 0 aliphatic rings. The lowest BCUT2D eigenvalue weighted by Crippen LogP contribution is -2.39. The van der Waals surface area contributed by atoms with Crippen molar-refractivity contribution in [3.8, 4) is 5.75 Å². The Kier molecular flexibility index (Phi) is 9.26. The van der Waals surface area contributed by atoms with Crippen LogP contribution in [0.25, 0.3) is 0 Å². The smallest absolute Gasteiger partial charge is 0.260 e. The molecule has 0 spiro atoms. The first kappa shape index (κ1) is 27.7. The second-order valence-corrected chi connectivity index (χ2v) is 10.3. The van der Waals surface area contributed by atoms with Gasteiger partial charge >= 0.3 is 0 Å². The van der Waals surface area contributed by atoms with Crippen LogP contribution in [0.3, 0.4) is 0 Å². The lowest BCUT2D eigenvalue weighted by Gasteiger charge is -2.23. The van der Waals surface area contributed by atoms with E-state index in [1.165, 1.54) is 0 Å². The van der Waals surface area contributed by atoms with Crippen LogP contribution in [-0.2, 0) is 14.8 Å². The number of hydrazone groups is 1. The van der Waals surface area contributed by atoms with E-state index < -0.39 is 22.5 Å². The van der Waals surface area contributed by atoms with Gasteiger partial charge in [0.15, 0.2) is 0 Å². The molecule has 2 amide bonds. The molecule has 2 N–H and O–H groups in total. The second kappa shape index (κ2) is 12.4. The fourth-order valence-electron chi connectivity index (χ4n) is 3.35. The van der Waals surface area contributed by atoms with Crippen molar-refractivity contribution in [2.45, 2.75) is 13.8 Å². The van der Waals surface area contributed by atoms with Gasteiger partial charge in [-0.15, -0.1) is 0 Å². The molecule has 0 saturated heterocycles. The van der Waals surface area contributed by atoms with Gasteiger partial charge in [0.1, 0.15) is 12.3 Å². The molecule has 0 aromatic heterocycles. The van der Waals surface area contributed by atoms with Crippen LogP contribution in [-0.4, -0.2) is 45.4 Å². The van der Waals surface area contributed by atoms with Crippen molar-refractivity contribution in [2.24, 2.45) is 5.10 Å². The molecule has 0 atom stereocenters. The summed E-state index contributed by atoms with van der Waals surface area (Å²) >= 11 is 5.96. The van der Waals surface area contributed by atoms with E-state index in [0.29, 0.717) is 39.9 Å². The lowest BCUT2D eigenvalue weighted by molar-refractivity contribution is -0.119. The zero-order valence-corrected chi connectivity index (χ0v) is 22.1. The van der Waals surface area contributed by atoms with Crippen LogP contribution in [0.4, 0.5) is 11.4 Å². The molecular formula is C26H27ClN4O5S. The van der Waals surface area contributed by atoms with Crippen molar-refractivity contribution in [3.05, 3.63) is 88.9 Å². The van der Waals surface area contributed by atoms with Crippen molar-refractivity contribution < 1.29 is 22.7 Å². The second-order valence-electron chi connectivity index (χ2n) is 7.95. The predicted octanol–water partition coefficient (Wildman–Crippen LogP) is 4.30. The molecule has 9 nitrogen and oxygen atoms in total. The van der Waals surface area contributed by atoms with Crippen LogP contribution >= 0.6 is 11.6 Å². The van der Waals surface area contributed by atoms with Gasteiger partial charge in [-0.3, -0.25) is 13.9 Å². The Morgan fingerprint density at radius 2 is 1.70 bits per heavy atom. The van der Waals surface area contributed by atoms with Crippen LogP contribution in [0, 0.1) is 0 Å². The van der Waals surface area contributed by atoms with Gasteiger partial charge in [0.2, 0.25) is 10.0 Å². The van der Waals surface area contributed by atoms with Gasteiger partial charge in [0, 0.05) is 16.3 Å². The highest BCUT2D eigenvalue weighted by molar-refractivity contribution is 7.92. The summed E-state index contributed by atoms with van der Waals surface area (Å²) in [5, 5.41) is 7.36. The third-order valence-electron chi connectivity index (χ3n) is 5.09. The molecule has 0 heterocycles. The van der Waals surface area contributed by atoms with Crippen LogP contribution in [0.2, 0.25) is 5.02 Å². The van der Waals surface area contributed by atoms with Gasteiger partial charge in [-0.2, -0.15) is 5.10 Å². The number of ether oxygens (including phenoxy) is 1. The van der Waals surface area contributed by atoms with Crippen molar-refractivity contribution in [1.29, 1.82) is 0 Å². The van der Waals surface area contributed by atoms with Crippen molar-refractivity contribution in [2.75, 3.05) is 29.0 Å². The number of nitrogens with zero attached hydrogens (tertiary/aromatic N) is 2. The summed E-state index contributed by atoms with van der Waals surface area (Å²) in [7, 11) is -3.79. The lowest BCUT2D eigenvalue weighted by atomic mass is 10.1. The Morgan fingerprint density at radius 1 is 1.00 bits per heavy atom. The fraction of sp³-hybridized carbons (Fsp3) is 0.192. The number of halogens is 1. The number of benzene rings is 3. The molecule has 3 aromatic carbocycles. The minimum Gasteiger partial charge on any atom is -0.492 e. The monoisotopic (exact) mass is 542 g/mol. The third-order valence-corrected chi connectivity index (χ3v) is 6.46. The first-order valence-corrected chi connectivity index (χ1v) is 13.5. The maximum absolute atomic E-state index is 12.6. The van der Waals surface area contributed by atoms with E-state index in [-0.39, 0.29) is 11.6 Å². The molecule has 0 unspecified atom stereocenters. The Bertz CT molecular complexity index is 1430. The van der Waals surface area contributed by atoms with Crippen molar-refractivity contribution in [1.82, 2.24) is 5.43 Å². The van der Waals surface area contributed by atoms with E-state index >= 15 is 0 Å². The maximum Gasteiger partial charge on any atom is 0.260 e. The van der Waals surface area contributed by atoms with Crippen LogP contribution in [0.5, 0.6) is 5.75 Å². The Balaban J connectivity index is 1.71.